The van der Waals surface area contributed by atoms with E-state index in [4.69, 9.17) is 11.6 Å². The highest BCUT2D eigenvalue weighted by Gasteiger charge is 2.30. The molecule has 0 fully saturated rings. The molecule has 0 bridgehead atoms. The number of nitrogens with one attached hydrogen (secondary N) is 2. The Kier molecular flexibility index (Phi) is 8.32. The average molecular weight is 439 g/mol. The van der Waals surface area contributed by atoms with E-state index in [0.29, 0.717) is 12.8 Å². The summed E-state index contributed by atoms with van der Waals surface area (Å²) in [5, 5.41) is 15.6. The Morgan fingerprint density at radius 1 is 1.23 bits per heavy atom. The number of fused-ring (bicyclic) bond motifs is 1. The van der Waals surface area contributed by atoms with Crippen LogP contribution in [0.15, 0.2) is 30.3 Å². The molecule has 0 spiro atoms. The van der Waals surface area contributed by atoms with Crippen molar-refractivity contribution in [2.24, 2.45) is 0 Å². The van der Waals surface area contributed by atoms with Gasteiger partial charge >= 0.3 is 0 Å². The first-order valence-electron chi connectivity index (χ1n) is 9.87. The molecule has 162 valence electrons. The summed E-state index contributed by atoms with van der Waals surface area (Å²) in [4.78, 5) is 24.4. The molecule has 30 heavy (non-hydrogen) atoms. The second kappa shape index (κ2) is 10.5. The maximum Gasteiger partial charge on any atom is 0.251 e. The van der Waals surface area contributed by atoms with Crippen LogP contribution < -0.4 is 10.6 Å². The van der Waals surface area contributed by atoms with Crippen LogP contribution in [0.1, 0.15) is 61.2 Å². The van der Waals surface area contributed by atoms with Crippen molar-refractivity contribution in [2.45, 2.75) is 52.2 Å². The van der Waals surface area contributed by atoms with Gasteiger partial charge in [-0.15, -0.1) is 0 Å². The maximum atomic E-state index is 13.9. The standard InChI is InChI=1S/C20H19ClF2N2O3.C2H6/c1-2-4-15(19(27)11-5-3-6-13(22)17(11)21)24-20(28)10-7-8-14(23)18-12(10)9-16(26)25-18;1-2/h3,5-8,15,19,27H,2,4,9H2,1H3,(H,24,28)(H,25,26);1-2H3. The van der Waals surface area contributed by atoms with Gasteiger partial charge < -0.3 is 15.7 Å². The highest BCUT2D eigenvalue weighted by atomic mass is 35.5. The van der Waals surface area contributed by atoms with E-state index in [1.165, 1.54) is 24.3 Å². The minimum absolute atomic E-state index is 0.00147. The van der Waals surface area contributed by atoms with Crippen molar-refractivity contribution in [1.82, 2.24) is 5.32 Å². The van der Waals surface area contributed by atoms with Crippen LogP contribution in [0.2, 0.25) is 5.02 Å². The number of rotatable bonds is 6. The summed E-state index contributed by atoms with van der Waals surface area (Å²) in [5.41, 5.74) is 0.587. The van der Waals surface area contributed by atoms with E-state index in [9.17, 15) is 23.5 Å². The van der Waals surface area contributed by atoms with Crippen LogP contribution in [-0.2, 0) is 11.2 Å². The monoisotopic (exact) mass is 438 g/mol. The van der Waals surface area contributed by atoms with Crippen molar-refractivity contribution < 1.29 is 23.5 Å². The van der Waals surface area contributed by atoms with Crippen LogP contribution in [0.5, 0.6) is 0 Å². The van der Waals surface area contributed by atoms with Crippen molar-refractivity contribution in [2.75, 3.05) is 5.32 Å². The predicted molar refractivity (Wildman–Crippen MR) is 113 cm³/mol. The largest absolute Gasteiger partial charge is 0.386 e. The van der Waals surface area contributed by atoms with Crippen molar-refractivity contribution in [3.63, 3.8) is 0 Å². The van der Waals surface area contributed by atoms with E-state index in [1.807, 2.05) is 20.8 Å². The zero-order valence-electron chi connectivity index (χ0n) is 17.1. The van der Waals surface area contributed by atoms with E-state index >= 15 is 0 Å². The molecule has 1 heterocycles. The number of carbonyl (C=O) groups excluding carboxylic acids is 2. The van der Waals surface area contributed by atoms with Crippen molar-refractivity contribution in [1.29, 1.82) is 0 Å². The molecule has 0 radical (unpaired) electrons. The van der Waals surface area contributed by atoms with Gasteiger partial charge in [-0.3, -0.25) is 9.59 Å². The summed E-state index contributed by atoms with van der Waals surface area (Å²) in [5.74, 6) is -2.24. The van der Waals surface area contributed by atoms with Crippen LogP contribution in [-0.4, -0.2) is 23.0 Å². The van der Waals surface area contributed by atoms with E-state index in [-0.39, 0.29) is 33.8 Å². The zero-order valence-corrected chi connectivity index (χ0v) is 17.8. The molecule has 2 aromatic carbocycles. The molecule has 1 aliphatic heterocycles. The number of carbonyl (C=O) groups is 2. The molecule has 2 aromatic rings. The van der Waals surface area contributed by atoms with Gasteiger partial charge in [0.15, 0.2) is 0 Å². The fourth-order valence-corrected chi connectivity index (χ4v) is 3.56. The first kappa shape index (κ1) is 23.8. The lowest BCUT2D eigenvalue weighted by molar-refractivity contribution is -0.115. The van der Waals surface area contributed by atoms with Gasteiger partial charge in [-0.2, -0.15) is 0 Å². The van der Waals surface area contributed by atoms with Crippen LogP contribution in [0.3, 0.4) is 0 Å². The van der Waals surface area contributed by atoms with Gasteiger partial charge in [-0.05, 0) is 24.6 Å². The third kappa shape index (κ3) is 4.96. The Labute approximate surface area is 179 Å². The Morgan fingerprint density at radius 2 is 1.93 bits per heavy atom. The summed E-state index contributed by atoms with van der Waals surface area (Å²) in [6.45, 7) is 5.87. The van der Waals surface area contributed by atoms with Gasteiger partial charge in [-0.1, -0.05) is 50.9 Å². The lowest BCUT2D eigenvalue weighted by Crippen LogP contribution is -2.39. The molecule has 0 saturated heterocycles. The molecule has 2 unspecified atom stereocenters. The summed E-state index contributed by atoms with van der Waals surface area (Å²) in [6.07, 6.45) is -0.302. The molecule has 0 aliphatic carbocycles. The smallest absolute Gasteiger partial charge is 0.251 e. The molecular formula is C22H25ClF2N2O3. The fraction of sp³-hybridized carbons (Fsp3) is 0.364. The maximum absolute atomic E-state index is 13.9. The molecule has 0 saturated carbocycles. The van der Waals surface area contributed by atoms with Crippen LogP contribution in [0.25, 0.3) is 0 Å². The summed E-state index contributed by atoms with van der Waals surface area (Å²) < 4.78 is 27.6. The van der Waals surface area contributed by atoms with Crippen molar-refractivity contribution in [3.05, 3.63) is 63.7 Å². The second-order valence-electron chi connectivity index (χ2n) is 6.63. The third-order valence-corrected chi connectivity index (χ3v) is 5.10. The molecule has 0 aromatic heterocycles. The molecule has 3 rings (SSSR count). The number of aliphatic hydroxyl groups is 1. The second-order valence-corrected chi connectivity index (χ2v) is 7.01. The van der Waals surface area contributed by atoms with Gasteiger partial charge in [0.1, 0.15) is 17.7 Å². The number of amides is 2. The highest BCUT2D eigenvalue weighted by Crippen LogP contribution is 2.31. The predicted octanol–water partition coefficient (Wildman–Crippen LogP) is 4.77. The number of halogens is 3. The van der Waals surface area contributed by atoms with Crippen LogP contribution >= 0.6 is 11.6 Å². The molecule has 2 atom stereocenters. The van der Waals surface area contributed by atoms with Gasteiger partial charge in [0.05, 0.1) is 23.2 Å². The first-order chi connectivity index (χ1) is 14.3. The number of anilines is 1. The summed E-state index contributed by atoms with van der Waals surface area (Å²) >= 11 is 5.96. The minimum atomic E-state index is -1.24. The number of hydrogen-bond acceptors (Lipinski definition) is 3. The van der Waals surface area contributed by atoms with Gasteiger partial charge in [0.25, 0.3) is 5.91 Å². The molecule has 3 N–H and O–H groups in total. The van der Waals surface area contributed by atoms with Gasteiger partial charge in [0.2, 0.25) is 5.91 Å². The quantitative estimate of drug-likeness (QED) is 0.607. The van der Waals surface area contributed by atoms with Crippen LogP contribution in [0, 0.1) is 11.6 Å². The van der Waals surface area contributed by atoms with E-state index in [2.05, 4.69) is 10.6 Å². The average Bonchev–Trinajstić information content (AvgIpc) is 3.13. The lowest BCUT2D eigenvalue weighted by atomic mass is 9.97. The molecule has 2 amide bonds. The van der Waals surface area contributed by atoms with Crippen molar-refractivity contribution >= 4 is 29.1 Å². The molecule has 8 heteroatoms. The SMILES string of the molecule is CC.CCCC(NC(=O)c1ccc(F)c2c1CC(=O)N2)C(O)c1cccc(F)c1Cl. The Hall–Kier alpha value is -2.51. The normalized spacial score (nSPS) is 14.2. The van der Waals surface area contributed by atoms with Crippen molar-refractivity contribution in [3.8, 4) is 0 Å². The van der Waals surface area contributed by atoms with Crippen LogP contribution in [0.4, 0.5) is 14.5 Å². The van der Waals surface area contributed by atoms with Gasteiger partial charge in [-0.25, -0.2) is 8.78 Å². The highest BCUT2D eigenvalue weighted by molar-refractivity contribution is 6.31. The zero-order chi connectivity index (χ0) is 22.4. The first-order valence-corrected chi connectivity index (χ1v) is 10.2. The molecule has 5 nitrogen and oxygen atoms in total. The Balaban J connectivity index is 0.00000155. The van der Waals surface area contributed by atoms with Gasteiger partial charge in [0, 0.05) is 16.7 Å². The molecule has 1 aliphatic rings. The van der Waals surface area contributed by atoms with E-state index in [0.717, 1.165) is 6.07 Å². The Morgan fingerprint density at radius 3 is 2.60 bits per heavy atom. The third-order valence-electron chi connectivity index (χ3n) is 4.71. The summed E-state index contributed by atoms with van der Waals surface area (Å²) in [7, 11) is 0. The number of hydrogen-bond donors (Lipinski definition) is 3. The minimum Gasteiger partial charge on any atom is -0.386 e. The molecular weight excluding hydrogens is 414 g/mol. The Bertz CT molecular complexity index is 937. The van der Waals surface area contributed by atoms with E-state index in [1.54, 1.807) is 0 Å². The topological polar surface area (TPSA) is 78.4 Å². The lowest BCUT2D eigenvalue weighted by Gasteiger charge is -2.25. The fourth-order valence-electron chi connectivity index (χ4n) is 3.33. The number of benzene rings is 2. The van der Waals surface area contributed by atoms with E-state index < -0.39 is 35.6 Å². The summed E-state index contributed by atoms with van der Waals surface area (Å²) in [6, 6.07) is 5.75. The number of aliphatic hydroxyl groups excluding tert-OH is 1.